The summed E-state index contributed by atoms with van der Waals surface area (Å²) in [6, 6.07) is 7.32. The zero-order valence-corrected chi connectivity index (χ0v) is 14.0. The van der Waals surface area contributed by atoms with Gasteiger partial charge in [-0.3, -0.25) is 4.79 Å². The molecule has 0 spiro atoms. The molecule has 1 amide bonds. The van der Waals surface area contributed by atoms with Crippen LogP contribution < -0.4 is 5.32 Å². The molecular formula is C18H22N4O3. The van der Waals surface area contributed by atoms with Crippen molar-refractivity contribution in [2.75, 3.05) is 18.5 Å². The van der Waals surface area contributed by atoms with Crippen LogP contribution in [0.4, 0.5) is 5.69 Å². The van der Waals surface area contributed by atoms with Crippen molar-refractivity contribution in [2.24, 2.45) is 0 Å². The third-order valence-corrected chi connectivity index (χ3v) is 4.86. The molecule has 0 unspecified atom stereocenters. The summed E-state index contributed by atoms with van der Waals surface area (Å²) in [6.07, 6.45) is 4.04. The lowest BCUT2D eigenvalue weighted by molar-refractivity contribution is 0.0678. The summed E-state index contributed by atoms with van der Waals surface area (Å²) in [6.45, 7) is 1.08. The van der Waals surface area contributed by atoms with Gasteiger partial charge in [-0.2, -0.15) is 4.98 Å². The van der Waals surface area contributed by atoms with Crippen LogP contribution in [0.2, 0.25) is 0 Å². The van der Waals surface area contributed by atoms with E-state index in [1.165, 1.54) is 0 Å². The van der Waals surface area contributed by atoms with E-state index in [1.54, 1.807) is 11.0 Å². The summed E-state index contributed by atoms with van der Waals surface area (Å²) in [5, 5.41) is 16.7. The highest BCUT2D eigenvalue weighted by molar-refractivity contribution is 5.99. The van der Waals surface area contributed by atoms with Gasteiger partial charge in [0.05, 0.1) is 24.8 Å². The van der Waals surface area contributed by atoms with Crippen molar-refractivity contribution in [3.8, 4) is 0 Å². The number of hydrogen-bond donors (Lipinski definition) is 2. The lowest BCUT2D eigenvalue weighted by atomic mass is 10.1. The Balaban J connectivity index is 1.47. The van der Waals surface area contributed by atoms with Gasteiger partial charge in [0.25, 0.3) is 5.91 Å². The first-order chi connectivity index (χ1) is 12.3. The molecular weight excluding hydrogens is 320 g/mol. The molecule has 1 aliphatic heterocycles. The van der Waals surface area contributed by atoms with Gasteiger partial charge in [-0.1, -0.05) is 17.3 Å². The highest BCUT2D eigenvalue weighted by Crippen LogP contribution is 2.38. The minimum atomic E-state index is -0.0856. The van der Waals surface area contributed by atoms with Gasteiger partial charge in [0.1, 0.15) is 0 Å². The van der Waals surface area contributed by atoms with E-state index in [0.29, 0.717) is 30.5 Å². The van der Waals surface area contributed by atoms with Crippen LogP contribution in [0.3, 0.4) is 0 Å². The Morgan fingerprint density at radius 1 is 1.32 bits per heavy atom. The van der Waals surface area contributed by atoms with Crippen molar-refractivity contribution in [1.29, 1.82) is 0 Å². The Hall–Kier alpha value is -2.41. The number of aliphatic hydroxyl groups excluding tert-OH is 1. The summed E-state index contributed by atoms with van der Waals surface area (Å²) in [7, 11) is 0. The van der Waals surface area contributed by atoms with Crippen LogP contribution in [0.25, 0.3) is 0 Å². The number of amides is 1. The van der Waals surface area contributed by atoms with Crippen molar-refractivity contribution >= 4 is 11.6 Å². The van der Waals surface area contributed by atoms with Crippen molar-refractivity contribution < 1.29 is 14.4 Å². The Labute approximate surface area is 146 Å². The molecule has 132 valence electrons. The van der Waals surface area contributed by atoms with Crippen LogP contribution in [0.5, 0.6) is 0 Å². The van der Waals surface area contributed by atoms with E-state index in [-0.39, 0.29) is 18.6 Å². The van der Waals surface area contributed by atoms with Crippen LogP contribution >= 0.6 is 0 Å². The van der Waals surface area contributed by atoms with Crippen molar-refractivity contribution in [1.82, 2.24) is 15.0 Å². The van der Waals surface area contributed by atoms with Gasteiger partial charge in [-0.05, 0) is 37.8 Å². The van der Waals surface area contributed by atoms with Crippen LogP contribution in [-0.4, -0.2) is 45.2 Å². The monoisotopic (exact) mass is 342 g/mol. The number of benzene rings is 1. The van der Waals surface area contributed by atoms with Crippen molar-refractivity contribution in [3.05, 3.63) is 41.5 Å². The standard InChI is InChI=1S/C18H22N4O3/c23-11-13-4-3-9-22(13)18(24)14-5-1-2-6-15(14)19-10-16-20-17(21-25-16)12-7-8-12/h1-2,5-6,12-13,19,23H,3-4,7-11H2/t13-/m0/s1. The third-order valence-electron chi connectivity index (χ3n) is 4.86. The van der Waals surface area contributed by atoms with Gasteiger partial charge in [-0.25, -0.2) is 0 Å². The van der Waals surface area contributed by atoms with Gasteiger partial charge >= 0.3 is 0 Å². The van der Waals surface area contributed by atoms with Gasteiger partial charge in [0.15, 0.2) is 5.82 Å². The summed E-state index contributed by atoms with van der Waals surface area (Å²) in [5.41, 5.74) is 1.34. The molecule has 1 saturated heterocycles. The first kappa shape index (κ1) is 16.1. The summed E-state index contributed by atoms with van der Waals surface area (Å²) < 4.78 is 5.27. The minimum Gasteiger partial charge on any atom is -0.394 e. The number of rotatable bonds is 6. The van der Waals surface area contributed by atoms with Gasteiger partial charge in [0, 0.05) is 18.2 Å². The number of para-hydroxylation sites is 1. The quantitative estimate of drug-likeness (QED) is 0.836. The normalized spacial score (nSPS) is 20.0. The average Bonchev–Trinajstić information content (AvgIpc) is 3.20. The maximum absolute atomic E-state index is 12.9. The number of aromatic nitrogens is 2. The molecule has 1 saturated carbocycles. The minimum absolute atomic E-state index is 0.00721. The SMILES string of the molecule is O=C(c1ccccc1NCc1nc(C2CC2)no1)N1CCC[C@H]1CO. The molecule has 2 heterocycles. The molecule has 7 nitrogen and oxygen atoms in total. The smallest absolute Gasteiger partial charge is 0.256 e. The fourth-order valence-electron chi connectivity index (χ4n) is 3.29. The first-order valence-electron chi connectivity index (χ1n) is 8.83. The Bertz CT molecular complexity index is 756. The number of nitrogens with zero attached hydrogens (tertiary/aromatic N) is 3. The van der Waals surface area contributed by atoms with E-state index in [1.807, 2.05) is 18.2 Å². The second kappa shape index (κ2) is 6.84. The van der Waals surface area contributed by atoms with E-state index in [2.05, 4.69) is 15.5 Å². The maximum Gasteiger partial charge on any atom is 0.256 e. The fourth-order valence-corrected chi connectivity index (χ4v) is 3.29. The predicted octanol–water partition coefficient (Wildman–Crippen LogP) is 2.16. The lowest BCUT2D eigenvalue weighted by Crippen LogP contribution is -2.37. The van der Waals surface area contributed by atoms with Gasteiger partial charge in [0.2, 0.25) is 5.89 Å². The number of nitrogens with one attached hydrogen (secondary N) is 1. The molecule has 2 N–H and O–H groups in total. The Morgan fingerprint density at radius 3 is 2.96 bits per heavy atom. The highest BCUT2D eigenvalue weighted by Gasteiger charge is 2.30. The molecule has 1 aromatic carbocycles. The third kappa shape index (κ3) is 3.37. The van der Waals surface area contributed by atoms with E-state index in [4.69, 9.17) is 4.52 Å². The van der Waals surface area contributed by atoms with Gasteiger partial charge < -0.3 is 19.8 Å². The number of carbonyl (C=O) groups is 1. The number of anilines is 1. The zero-order chi connectivity index (χ0) is 17.2. The molecule has 2 fully saturated rings. The van der Waals surface area contributed by atoms with Crippen LogP contribution in [-0.2, 0) is 6.54 Å². The summed E-state index contributed by atoms with van der Waals surface area (Å²) >= 11 is 0. The molecule has 25 heavy (non-hydrogen) atoms. The molecule has 0 radical (unpaired) electrons. The topological polar surface area (TPSA) is 91.5 Å². The van der Waals surface area contributed by atoms with Crippen LogP contribution in [0.15, 0.2) is 28.8 Å². The van der Waals surface area contributed by atoms with E-state index in [0.717, 1.165) is 37.2 Å². The van der Waals surface area contributed by atoms with Gasteiger partial charge in [-0.15, -0.1) is 0 Å². The maximum atomic E-state index is 12.9. The number of likely N-dealkylation sites (tertiary alicyclic amines) is 1. The van der Waals surface area contributed by atoms with Crippen LogP contribution in [0.1, 0.15) is 53.7 Å². The van der Waals surface area contributed by atoms with E-state index >= 15 is 0 Å². The molecule has 7 heteroatoms. The predicted molar refractivity (Wildman–Crippen MR) is 91.2 cm³/mol. The Morgan fingerprint density at radius 2 is 2.16 bits per heavy atom. The summed E-state index contributed by atoms with van der Waals surface area (Å²) in [5.74, 6) is 1.71. The summed E-state index contributed by atoms with van der Waals surface area (Å²) in [4.78, 5) is 19.0. The lowest BCUT2D eigenvalue weighted by Gasteiger charge is -2.24. The van der Waals surface area contributed by atoms with E-state index in [9.17, 15) is 9.90 Å². The molecule has 2 aliphatic rings. The van der Waals surface area contributed by atoms with Crippen molar-refractivity contribution in [3.63, 3.8) is 0 Å². The number of aliphatic hydroxyl groups is 1. The molecule has 1 aliphatic carbocycles. The number of hydrogen-bond acceptors (Lipinski definition) is 6. The largest absolute Gasteiger partial charge is 0.394 e. The highest BCUT2D eigenvalue weighted by atomic mass is 16.5. The first-order valence-corrected chi connectivity index (χ1v) is 8.83. The average molecular weight is 342 g/mol. The Kier molecular flexibility index (Phi) is 4.40. The molecule has 1 aromatic heterocycles. The van der Waals surface area contributed by atoms with Crippen molar-refractivity contribution in [2.45, 2.75) is 44.2 Å². The zero-order valence-electron chi connectivity index (χ0n) is 14.0. The molecule has 4 rings (SSSR count). The fraction of sp³-hybridized carbons (Fsp3) is 0.500. The second-order valence-electron chi connectivity index (χ2n) is 6.70. The molecule has 0 bridgehead atoms. The molecule has 1 atom stereocenters. The number of carbonyl (C=O) groups excluding carboxylic acids is 1. The van der Waals surface area contributed by atoms with E-state index < -0.39 is 0 Å². The molecule has 2 aromatic rings. The van der Waals surface area contributed by atoms with Crippen LogP contribution in [0, 0.1) is 0 Å². The second-order valence-corrected chi connectivity index (χ2v) is 6.70.